The van der Waals surface area contributed by atoms with Gasteiger partial charge in [0.1, 0.15) is 5.82 Å². The van der Waals surface area contributed by atoms with Crippen LogP contribution in [0.25, 0.3) is 0 Å². The molecule has 0 saturated carbocycles. The first-order valence-electron chi connectivity index (χ1n) is 7.58. The lowest BCUT2D eigenvalue weighted by atomic mass is 10.1. The molecule has 1 aliphatic heterocycles. The molecule has 0 atom stereocenters. The molecule has 2 aromatic rings. The van der Waals surface area contributed by atoms with E-state index < -0.39 is 0 Å². The Morgan fingerprint density at radius 3 is 2.35 bits per heavy atom. The number of piperazine rings is 1. The van der Waals surface area contributed by atoms with Crippen LogP contribution in [0.1, 0.15) is 5.56 Å². The molecule has 0 radical (unpaired) electrons. The van der Waals surface area contributed by atoms with Gasteiger partial charge in [-0.1, -0.05) is 18.2 Å². The van der Waals surface area contributed by atoms with Crippen molar-refractivity contribution in [2.75, 3.05) is 31.1 Å². The van der Waals surface area contributed by atoms with Gasteiger partial charge < -0.3 is 4.90 Å². The van der Waals surface area contributed by atoms with Crippen LogP contribution in [-0.2, 0) is 6.54 Å². The van der Waals surface area contributed by atoms with E-state index in [0.29, 0.717) is 0 Å². The molecular formula is C17H18FN3O2. The van der Waals surface area contributed by atoms with E-state index in [9.17, 15) is 14.5 Å². The second-order valence-electron chi connectivity index (χ2n) is 5.67. The molecule has 1 aliphatic rings. The van der Waals surface area contributed by atoms with Gasteiger partial charge in [-0.15, -0.1) is 0 Å². The maximum absolute atomic E-state index is 13.3. The first kappa shape index (κ1) is 15.4. The molecule has 1 fully saturated rings. The van der Waals surface area contributed by atoms with Crippen molar-refractivity contribution in [3.05, 3.63) is 70.0 Å². The van der Waals surface area contributed by atoms with Crippen LogP contribution in [0.2, 0.25) is 0 Å². The number of rotatable bonds is 4. The minimum Gasteiger partial charge on any atom is -0.369 e. The number of benzene rings is 2. The van der Waals surface area contributed by atoms with Crippen molar-refractivity contribution < 1.29 is 9.31 Å². The molecule has 1 heterocycles. The molecule has 3 rings (SSSR count). The Hall–Kier alpha value is -2.47. The number of anilines is 1. The minimum atomic E-state index is -0.387. The predicted molar refractivity (Wildman–Crippen MR) is 87.0 cm³/mol. The van der Waals surface area contributed by atoms with E-state index in [2.05, 4.69) is 9.80 Å². The molecule has 5 nitrogen and oxygen atoms in total. The highest BCUT2D eigenvalue weighted by Gasteiger charge is 2.17. The summed E-state index contributed by atoms with van der Waals surface area (Å²) in [5, 5.41) is 10.7. The van der Waals surface area contributed by atoms with Crippen molar-refractivity contribution in [1.29, 1.82) is 0 Å². The number of halogens is 1. The Labute approximate surface area is 134 Å². The fourth-order valence-corrected chi connectivity index (χ4v) is 2.82. The standard InChI is InChI=1S/C17H18FN3O2/c18-15-2-1-3-17(12-15)20-10-8-19(9-11-20)13-14-4-6-16(7-5-14)21(22)23/h1-7,12H,8-11,13H2. The number of nitrogens with zero attached hydrogens (tertiary/aromatic N) is 3. The smallest absolute Gasteiger partial charge is 0.269 e. The van der Waals surface area contributed by atoms with Gasteiger partial charge in [0.2, 0.25) is 0 Å². The molecule has 0 spiro atoms. The van der Waals surface area contributed by atoms with Crippen LogP contribution in [0.15, 0.2) is 48.5 Å². The van der Waals surface area contributed by atoms with Crippen molar-refractivity contribution in [3.63, 3.8) is 0 Å². The van der Waals surface area contributed by atoms with E-state index in [-0.39, 0.29) is 16.4 Å². The van der Waals surface area contributed by atoms with Gasteiger partial charge in [-0.25, -0.2) is 4.39 Å². The first-order valence-corrected chi connectivity index (χ1v) is 7.58. The quantitative estimate of drug-likeness (QED) is 0.643. The van der Waals surface area contributed by atoms with E-state index in [0.717, 1.165) is 44.0 Å². The summed E-state index contributed by atoms with van der Waals surface area (Å²) in [7, 11) is 0. The van der Waals surface area contributed by atoms with Crippen LogP contribution in [0.3, 0.4) is 0 Å². The molecule has 0 bridgehead atoms. The van der Waals surface area contributed by atoms with Crippen molar-refractivity contribution in [2.24, 2.45) is 0 Å². The normalized spacial score (nSPS) is 15.6. The average molecular weight is 315 g/mol. The molecular weight excluding hydrogens is 297 g/mol. The van der Waals surface area contributed by atoms with E-state index >= 15 is 0 Å². The fraction of sp³-hybridized carbons (Fsp3) is 0.294. The second kappa shape index (κ2) is 6.75. The molecule has 0 N–H and O–H groups in total. The van der Waals surface area contributed by atoms with Gasteiger partial charge >= 0.3 is 0 Å². The van der Waals surface area contributed by atoms with Gasteiger partial charge in [-0.05, 0) is 23.8 Å². The molecule has 1 saturated heterocycles. The highest BCUT2D eigenvalue weighted by molar-refractivity contribution is 5.46. The summed E-state index contributed by atoms with van der Waals surface area (Å²) in [6, 6.07) is 13.4. The average Bonchev–Trinajstić information content (AvgIpc) is 2.56. The summed E-state index contributed by atoms with van der Waals surface area (Å²) in [4.78, 5) is 14.8. The Morgan fingerprint density at radius 1 is 1.04 bits per heavy atom. The number of nitro benzene ring substituents is 1. The summed E-state index contributed by atoms with van der Waals surface area (Å²) in [5.41, 5.74) is 2.10. The van der Waals surface area contributed by atoms with Crippen molar-refractivity contribution >= 4 is 11.4 Å². The molecule has 0 amide bonds. The zero-order valence-corrected chi connectivity index (χ0v) is 12.7. The molecule has 2 aromatic carbocycles. The van der Waals surface area contributed by atoms with E-state index in [1.54, 1.807) is 36.4 Å². The molecule has 0 unspecified atom stereocenters. The van der Waals surface area contributed by atoms with Crippen molar-refractivity contribution in [3.8, 4) is 0 Å². The lowest BCUT2D eigenvalue weighted by Gasteiger charge is -2.36. The predicted octanol–water partition coefficient (Wildman–Crippen LogP) is 3.06. The maximum atomic E-state index is 13.3. The topological polar surface area (TPSA) is 49.6 Å². The van der Waals surface area contributed by atoms with E-state index in [1.165, 1.54) is 6.07 Å². The summed E-state index contributed by atoms with van der Waals surface area (Å²) in [6.45, 7) is 4.23. The second-order valence-corrected chi connectivity index (χ2v) is 5.67. The Kier molecular flexibility index (Phi) is 4.52. The Bertz CT molecular complexity index is 682. The first-order chi connectivity index (χ1) is 11.1. The maximum Gasteiger partial charge on any atom is 0.269 e. The molecule has 0 aliphatic carbocycles. The van der Waals surface area contributed by atoms with Gasteiger partial charge in [0, 0.05) is 50.5 Å². The van der Waals surface area contributed by atoms with Crippen molar-refractivity contribution in [2.45, 2.75) is 6.54 Å². The van der Waals surface area contributed by atoms with Crippen LogP contribution >= 0.6 is 0 Å². The zero-order chi connectivity index (χ0) is 16.2. The zero-order valence-electron chi connectivity index (χ0n) is 12.7. The van der Waals surface area contributed by atoms with E-state index in [1.807, 2.05) is 6.07 Å². The lowest BCUT2D eigenvalue weighted by Crippen LogP contribution is -2.46. The third kappa shape index (κ3) is 3.84. The highest BCUT2D eigenvalue weighted by Crippen LogP contribution is 2.19. The lowest BCUT2D eigenvalue weighted by molar-refractivity contribution is -0.384. The number of nitro groups is 1. The molecule has 120 valence electrons. The third-order valence-corrected chi connectivity index (χ3v) is 4.10. The SMILES string of the molecule is O=[N+]([O-])c1ccc(CN2CCN(c3cccc(F)c3)CC2)cc1. The summed E-state index contributed by atoms with van der Waals surface area (Å²) in [5.74, 6) is -0.212. The molecule has 0 aromatic heterocycles. The Morgan fingerprint density at radius 2 is 1.74 bits per heavy atom. The summed E-state index contributed by atoms with van der Waals surface area (Å²) < 4.78 is 13.3. The van der Waals surface area contributed by atoms with Gasteiger partial charge in [0.25, 0.3) is 5.69 Å². The highest BCUT2D eigenvalue weighted by atomic mass is 19.1. The van der Waals surface area contributed by atoms with Gasteiger partial charge in [-0.2, -0.15) is 0 Å². The summed E-state index contributed by atoms with van der Waals surface area (Å²) >= 11 is 0. The Balaban J connectivity index is 1.55. The minimum absolute atomic E-state index is 0.115. The number of hydrogen-bond donors (Lipinski definition) is 0. The van der Waals surface area contributed by atoms with Gasteiger partial charge in [0.05, 0.1) is 4.92 Å². The molecule has 23 heavy (non-hydrogen) atoms. The van der Waals surface area contributed by atoms with Crippen LogP contribution in [0.5, 0.6) is 0 Å². The number of hydrogen-bond acceptors (Lipinski definition) is 4. The van der Waals surface area contributed by atoms with E-state index in [4.69, 9.17) is 0 Å². The fourth-order valence-electron chi connectivity index (χ4n) is 2.82. The van der Waals surface area contributed by atoms with Crippen LogP contribution in [-0.4, -0.2) is 36.0 Å². The van der Waals surface area contributed by atoms with Gasteiger partial charge in [0.15, 0.2) is 0 Å². The molecule has 6 heteroatoms. The summed E-state index contributed by atoms with van der Waals surface area (Å²) in [6.07, 6.45) is 0. The van der Waals surface area contributed by atoms with Crippen LogP contribution in [0.4, 0.5) is 15.8 Å². The number of non-ortho nitro benzene ring substituents is 1. The third-order valence-electron chi connectivity index (χ3n) is 4.10. The van der Waals surface area contributed by atoms with Gasteiger partial charge in [-0.3, -0.25) is 15.0 Å². The van der Waals surface area contributed by atoms with Crippen LogP contribution < -0.4 is 4.90 Å². The van der Waals surface area contributed by atoms with Crippen LogP contribution in [0, 0.1) is 15.9 Å². The largest absolute Gasteiger partial charge is 0.369 e. The monoisotopic (exact) mass is 315 g/mol. The van der Waals surface area contributed by atoms with Crippen molar-refractivity contribution in [1.82, 2.24) is 4.90 Å².